The SMILES string of the molecule is Cc1cc(C(=O)NCc2cccc(-c3cccnc3)c2)n(C)n1. The monoisotopic (exact) mass is 306 g/mol. The Morgan fingerprint density at radius 1 is 1.17 bits per heavy atom. The van der Waals surface area contributed by atoms with Gasteiger partial charge in [0.1, 0.15) is 5.69 Å². The lowest BCUT2D eigenvalue weighted by atomic mass is 10.0. The molecule has 0 spiro atoms. The minimum atomic E-state index is -0.125. The van der Waals surface area contributed by atoms with Crippen LogP contribution in [-0.4, -0.2) is 20.7 Å². The molecule has 0 saturated carbocycles. The highest BCUT2D eigenvalue weighted by atomic mass is 16.2. The Balaban J connectivity index is 1.71. The molecule has 0 bridgehead atoms. The maximum absolute atomic E-state index is 12.2. The van der Waals surface area contributed by atoms with Gasteiger partial charge in [0.15, 0.2) is 0 Å². The van der Waals surface area contributed by atoms with Gasteiger partial charge in [-0.15, -0.1) is 0 Å². The summed E-state index contributed by atoms with van der Waals surface area (Å²) in [5.41, 5.74) is 4.57. The summed E-state index contributed by atoms with van der Waals surface area (Å²) in [5.74, 6) is -0.125. The summed E-state index contributed by atoms with van der Waals surface area (Å²) in [7, 11) is 1.77. The Hall–Kier alpha value is -2.95. The molecule has 5 heteroatoms. The van der Waals surface area contributed by atoms with Crippen LogP contribution in [0.15, 0.2) is 54.9 Å². The second-order valence-corrected chi connectivity index (χ2v) is 5.42. The van der Waals surface area contributed by atoms with Crippen LogP contribution in [0.25, 0.3) is 11.1 Å². The van der Waals surface area contributed by atoms with Gasteiger partial charge < -0.3 is 5.32 Å². The zero-order valence-electron chi connectivity index (χ0n) is 13.2. The van der Waals surface area contributed by atoms with Crippen molar-refractivity contribution in [2.45, 2.75) is 13.5 Å². The number of carbonyl (C=O) groups is 1. The average Bonchev–Trinajstić information content (AvgIpc) is 2.92. The summed E-state index contributed by atoms with van der Waals surface area (Å²) in [6.07, 6.45) is 3.58. The molecule has 0 unspecified atom stereocenters. The number of carbonyl (C=O) groups excluding carboxylic acids is 1. The summed E-state index contributed by atoms with van der Waals surface area (Å²) in [6, 6.07) is 13.8. The van der Waals surface area contributed by atoms with Gasteiger partial charge in [-0.3, -0.25) is 14.5 Å². The van der Waals surface area contributed by atoms with Gasteiger partial charge in [0, 0.05) is 26.0 Å². The van der Waals surface area contributed by atoms with Gasteiger partial charge in [0.25, 0.3) is 5.91 Å². The van der Waals surface area contributed by atoms with Crippen LogP contribution in [0.2, 0.25) is 0 Å². The second-order valence-electron chi connectivity index (χ2n) is 5.42. The van der Waals surface area contributed by atoms with Gasteiger partial charge >= 0.3 is 0 Å². The van der Waals surface area contributed by atoms with Crippen molar-refractivity contribution >= 4 is 5.91 Å². The molecule has 0 radical (unpaired) electrons. The van der Waals surface area contributed by atoms with E-state index in [0.717, 1.165) is 22.4 Å². The van der Waals surface area contributed by atoms with Crippen LogP contribution in [0.1, 0.15) is 21.7 Å². The predicted octanol–water partition coefficient (Wildman–Crippen LogP) is 2.72. The molecule has 0 fully saturated rings. The quantitative estimate of drug-likeness (QED) is 0.806. The standard InChI is InChI=1S/C18H18N4O/c1-13-9-17(22(2)21-13)18(23)20-11-14-5-3-6-15(10-14)16-7-4-8-19-12-16/h3-10,12H,11H2,1-2H3,(H,20,23). The molecule has 1 amide bonds. The summed E-state index contributed by atoms with van der Waals surface area (Å²) in [5, 5.41) is 7.12. The first-order chi connectivity index (χ1) is 11.1. The van der Waals surface area contributed by atoms with E-state index in [4.69, 9.17) is 0 Å². The van der Waals surface area contributed by atoms with Crippen LogP contribution >= 0.6 is 0 Å². The summed E-state index contributed by atoms with van der Waals surface area (Å²) in [4.78, 5) is 16.4. The normalized spacial score (nSPS) is 10.5. The number of aryl methyl sites for hydroxylation is 2. The van der Waals surface area contributed by atoms with Crippen molar-refractivity contribution in [2.75, 3.05) is 0 Å². The highest BCUT2D eigenvalue weighted by molar-refractivity contribution is 5.92. The molecule has 0 atom stereocenters. The number of rotatable bonds is 4. The summed E-state index contributed by atoms with van der Waals surface area (Å²) < 4.78 is 1.59. The molecule has 0 aliphatic rings. The molecular weight excluding hydrogens is 288 g/mol. The topological polar surface area (TPSA) is 59.8 Å². The highest BCUT2D eigenvalue weighted by Gasteiger charge is 2.11. The van der Waals surface area contributed by atoms with Gasteiger partial charge in [-0.2, -0.15) is 5.10 Å². The second kappa shape index (κ2) is 6.44. The third-order valence-corrected chi connectivity index (χ3v) is 3.61. The lowest BCUT2D eigenvalue weighted by Gasteiger charge is -2.07. The van der Waals surface area contributed by atoms with Crippen molar-refractivity contribution in [3.8, 4) is 11.1 Å². The van der Waals surface area contributed by atoms with Crippen molar-refractivity contribution in [3.63, 3.8) is 0 Å². The maximum atomic E-state index is 12.2. The number of hydrogen-bond acceptors (Lipinski definition) is 3. The molecule has 2 aromatic heterocycles. The molecule has 0 saturated heterocycles. The van der Waals surface area contributed by atoms with E-state index in [9.17, 15) is 4.79 Å². The zero-order valence-corrected chi connectivity index (χ0v) is 13.2. The van der Waals surface area contributed by atoms with Crippen molar-refractivity contribution in [2.24, 2.45) is 7.05 Å². The fraction of sp³-hybridized carbons (Fsp3) is 0.167. The number of amides is 1. The van der Waals surface area contributed by atoms with Crippen LogP contribution in [0, 0.1) is 6.92 Å². The largest absolute Gasteiger partial charge is 0.347 e. The Bertz CT molecular complexity index is 824. The third-order valence-electron chi connectivity index (χ3n) is 3.61. The van der Waals surface area contributed by atoms with Crippen molar-refractivity contribution in [1.29, 1.82) is 0 Å². The molecule has 0 aliphatic carbocycles. The molecule has 0 aliphatic heterocycles. The van der Waals surface area contributed by atoms with Crippen molar-refractivity contribution < 1.29 is 4.79 Å². The van der Waals surface area contributed by atoms with E-state index < -0.39 is 0 Å². The Morgan fingerprint density at radius 2 is 2.00 bits per heavy atom. The Labute approximate surface area is 135 Å². The van der Waals surface area contributed by atoms with E-state index in [1.807, 2.05) is 43.5 Å². The van der Waals surface area contributed by atoms with Gasteiger partial charge in [-0.05, 0) is 41.8 Å². The average molecular weight is 306 g/mol. The molecule has 3 rings (SSSR count). The highest BCUT2D eigenvalue weighted by Crippen LogP contribution is 2.19. The minimum Gasteiger partial charge on any atom is -0.347 e. The number of benzene rings is 1. The van der Waals surface area contributed by atoms with E-state index in [-0.39, 0.29) is 5.91 Å². The number of nitrogens with one attached hydrogen (secondary N) is 1. The number of nitrogens with zero attached hydrogens (tertiary/aromatic N) is 3. The molecular formula is C18H18N4O. The number of aromatic nitrogens is 3. The minimum absolute atomic E-state index is 0.125. The first-order valence-corrected chi connectivity index (χ1v) is 7.41. The molecule has 3 aromatic rings. The van der Waals surface area contributed by atoms with E-state index in [2.05, 4.69) is 21.5 Å². The van der Waals surface area contributed by atoms with Crippen LogP contribution in [0.4, 0.5) is 0 Å². The fourth-order valence-electron chi connectivity index (χ4n) is 2.49. The summed E-state index contributed by atoms with van der Waals surface area (Å²) >= 11 is 0. The molecule has 5 nitrogen and oxygen atoms in total. The zero-order chi connectivity index (χ0) is 16.2. The lowest BCUT2D eigenvalue weighted by molar-refractivity contribution is 0.0941. The number of hydrogen-bond donors (Lipinski definition) is 1. The van der Waals surface area contributed by atoms with Crippen LogP contribution in [-0.2, 0) is 13.6 Å². The van der Waals surface area contributed by atoms with E-state index in [1.165, 1.54) is 0 Å². The van der Waals surface area contributed by atoms with Crippen LogP contribution in [0.5, 0.6) is 0 Å². The lowest BCUT2D eigenvalue weighted by Crippen LogP contribution is -2.25. The molecule has 1 N–H and O–H groups in total. The number of pyridine rings is 1. The van der Waals surface area contributed by atoms with Gasteiger partial charge in [-0.1, -0.05) is 24.3 Å². The van der Waals surface area contributed by atoms with Crippen molar-refractivity contribution in [1.82, 2.24) is 20.1 Å². The van der Waals surface area contributed by atoms with E-state index in [0.29, 0.717) is 12.2 Å². The van der Waals surface area contributed by atoms with Crippen molar-refractivity contribution in [3.05, 3.63) is 71.8 Å². The molecule has 116 valence electrons. The first kappa shape index (κ1) is 15.0. The van der Waals surface area contributed by atoms with Gasteiger partial charge in [-0.25, -0.2) is 0 Å². The molecule has 1 aromatic carbocycles. The Morgan fingerprint density at radius 3 is 2.70 bits per heavy atom. The third kappa shape index (κ3) is 3.45. The first-order valence-electron chi connectivity index (χ1n) is 7.41. The van der Waals surface area contributed by atoms with Crippen LogP contribution < -0.4 is 5.32 Å². The Kier molecular flexibility index (Phi) is 4.19. The van der Waals surface area contributed by atoms with Crippen LogP contribution in [0.3, 0.4) is 0 Å². The predicted molar refractivity (Wildman–Crippen MR) is 88.8 cm³/mol. The van der Waals surface area contributed by atoms with Gasteiger partial charge in [0.05, 0.1) is 5.69 Å². The summed E-state index contributed by atoms with van der Waals surface area (Å²) in [6.45, 7) is 2.34. The fourth-order valence-corrected chi connectivity index (χ4v) is 2.49. The molecule has 2 heterocycles. The maximum Gasteiger partial charge on any atom is 0.269 e. The van der Waals surface area contributed by atoms with E-state index in [1.54, 1.807) is 24.0 Å². The van der Waals surface area contributed by atoms with Gasteiger partial charge in [0.2, 0.25) is 0 Å². The van der Waals surface area contributed by atoms with E-state index >= 15 is 0 Å². The smallest absolute Gasteiger partial charge is 0.269 e. The molecule has 23 heavy (non-hydrogen) atoms.